The molecule has 2 amide bonds. The summed E-state index contributed by atoms with van der Waals surface area (Å²) in [7, 11) is 0. The van der Waals surface area contributed by atoms with Crippen LogP contribution in [0.4, 0.5) is 4.39 Å². The largest absolute Gasteiger partial charge is 0.351 e. The van der Waals surface area contributed by atoms with Gasteiger partial charge in [0, 0.05) is 61.7 Å². The molecular formula is C24H24BrFN4O2. The van der Waals surface area contributed by atoms with Crippen molar-refractivity contribution >= 4 is 38.6 Å². The Labute approximate surface area is 194 Å². The topological polar surface area (TPSA) is 65.5 Å². The van der Waals surface area contributed by atoms with E-state index in [1.807, 2.05) is 17.2 Å². The zero-order valence-electron chi connectivity index (χ0n) is 17.6. The van der Waals surface area contributed by atoms with Gasteiger partial charge < -0.3 is 10.2 Å². The standard InChI is InChI=1S/C24H24BrFN4O2/c25-21-7-6-19(26)15-20(21)24(32)28-10-8-22(31)30-13-11-29(12-14-30)16-18-4-1-3-17-5-2-9-27-23(17)18/h1-7,9,15H,8,10-14,16H2,(H,28,32). The van der Waals surface area contributed by atoms with Crippen LogP contribution >= 0.6 is 15.9 Å². The van der Waals surface area contributed by atoms with E-state index in [-0.39, 0.29) is 24.4 Å². The predicted molar refractivity (Wildman–Crippen MR) is 125 cm³/mol. The number of pyridine rings is 1. The third-order valence-corrected chi connectivity index (χ3v) is 6.32. The van der Waals surface area contributed by atoms with Crippen molar-refractivity contribution in [2.75, 3.05) is 32.7 Å². The second-order valence-electron chi connectivity index (χ2n) is 7.78. The van der Waals surface area contributed by atoms with Gasteiger partial charge >= 0.3 is 0 Å². The van der Waals surface area contributed by atoms with Gasteiger partial charge in [0.05, 0.1) is 11.1 Å². The average molecular weight is 499 g/mol. The summed E-state index contributed by atoms with van der Waals surface area (Å²) in [6, 6.07) is 14.2. The number of para-hydroxylation sites is 1. The SMILES string of the molecule is O=C(NCCC(=O)N1CCN(Cc2cccc3cccnc23)CC1)c1cc(F)ccc1Br. The molecule has 0 unspecified atom stereocenters. The number of hydrogen-bond donors (Lipinski definition) is 1. The highest BCUT2D eigenvalue weighted by Gasteiger charge is 2.21. The van der Waals surface area contributed by atoms with Gasteiger partial charge in [-0.2, -0.15) is 0 Å². The molecule has 0 spiro atoms. The van der Waals surface area contributed by atoms with Crippen LogP contribution in [0.1, 0.15) is 22.3 Å². The smallest absolute Gasteiger partial charge is 0.252 e. The van der Waals surface area contributed by atoms with Gasteiger partial charge in [0.25, 0.3) is 5.91 Å². The molecule has 3 aromatic rings. The van der Waals surface area contributed by atoms with Crippen LogP contribution < -0.4 is 5.32 Å². The molecule has 1 aliphatic rings. The van der Waals surface area contributed by atoms with Crippen LogP contribution in [0.25, 0.3) is 10.9 Å². The Balaban J connectivity index is 1.24. The second kappa shape index (κ2) is 10.2. The van der Waals surface area contributed by atoms with E-state index in [1.165, 1.54) is 23.8 Å². The maximum Gasteiger partial charge on any atom is 0.252 e. The minimum absolute atomic E-state index is 0.00934. The fraction of sp³-hybridized carbons (Fsp3) is 0.292. The lowest BCUT2D eigenvalue weighted by atomic mass is 10.1. The number of amides is 2. The van der Waals surface area contributed by atoms with Gasteiger partial charge in [-0.15, -0.1) is 0 Å². The zero-order valence-corrected chi connectivity index (χ0v) is 19.1. The van der Waals surface area contributed by atoms with Crippen molar-refractivity contribution in [3.63, 3.8) is 0 Å². The summed E-state index contributed by atoms with van der Waals surface area (Å²) >= 11 is 3.25. The lowest BCUT2D eigenvalue weighted by molar-refractivity contribution is -0.132. The van der Waals surface area contributed by atoms with E-state index in [4.69, 9.17) is 0 Å². The number of carbonyl (C=O) groups excluding carboxylic acids is 2. The summed E-state index contributed by atoms with van der Waals surface area (Å²) in [5, 5.41) is 3.83. The van der Waals surface area contributed by atoms with E-state index >= 15 is 0 Å². The van der Waals surface area contributed by atoms with Gasteiger partial charge in [0.15, 0.2) is 0 Å². The molecule has 1 fully saturated rings. The first kappa shape index (κ1) is 22.4. The van der Waals surface area contributed by atoms with Crippen molar-refractivity contribution < 1.29 is 14.0 Å². The number of nitrogens with one attached hydrogen (secondary N) is 1. The van der Waals surface area contributed by atoms with Crippen molar-refractivity contribution in [3.05, 3.63) is 76.1 Å². The Bertz CT molecular complexity index is 1130. The third-order valence-electron chi connectivity index (χ3n) is 5.63. The first-order valence-corrected chi connectivity index (χ1v) is 11.4. The van der Waals surface area contributed by atoms with Crippen LogP contribution in [0.5, 0.6) is 0 Å². The van der Waals surface area contributed by atoms with Crippen molar-refractivity contribution in [2.24, 2.45) is 0 Å². The van der Waals surface area contributed by atoms with Crippen LogP contribution in [0.15, 0.2) is 59.2 Å². The van der Waals surface area contributed by atoms with Crippen LogP contribution in [0, 0.1) is 5.82 Å². The molecule has 0 atom stereocenters. The van der Waals surface area contributed by atoms with E-state index in [2.05, 4.69) is 55.4 Å². The number of hydrogen-bond acceptors (Lipinski definition) is 4. The van der Waals surface area contributed by atoms with Gasteiger partial charge in [-0.25, -0.2) is 4.39 Å². The van der Waals surface area contributed by atoms with Crippen LogP contribution in [0.2, 0.25) is 0 Å². The number of nitrogens with zero attached hydrogens (tertiary/aromatic N) is 3. The molecule has 0 saturated carbocycles. The lowest BCUT2D eigenvalue weighted by Crippen LogP contribution is -2.48. The molecule has 0 aliphatic carbocycles. The molecule has 32 heavy (non-hydrogen) atoms. The van der Waals surface area contributed by atoms with Gasteiger partial charge in [0.1, 0.15) is 5.82 Å². The number of rotatable bonds is 6. The van der Waals surface area contributed by atoms with Crippen molar-refractivity contribution in [1.82, 2.24) is 20.1 Å². The fourth-order valence-electron chi connectivity index (χ4n) is 3.90. The highest BCUT2D eigenvalue weighted by atomic mass is 79.9. The Morgan fingerprint density at radius 1 is 1.06 bits per heavy atom. The first-order chi connectivity index (χ1) is 15.5. The molecule has 4 rings (SSSR count). The lowest BCUT2D eigenvalue weighted by Gasteiger charge is -2.35. The maximum atomic E-state index is 13.4. The molecule has 1 N–H and O–H groups in total. The monoisotopic (exact) mass is 498 g/mol. The van der Waals surface area contributed by atoms with E-state index in [0.717, 1.165) is 30.5 Å². The van der Waals surface area contributed by atoms with Crippen molar-refractivity contribution in [2.45, 2.75) is 13.0 Å². The van der Waals surface area contributed by atoms with Gasteiger partial charge in [-0.3, -0.25) is 19.5 Å². The van der Waals surface area contributed by atoms with E-state index in [1.54, 1.807) is 0 Å². The molecule has 0 bridgehead atoms. The Hall–Kier alpha value is -2.84. The second-order valence-corrected chi connectivity index (χ2v) is 8.63. The number of halogens is 2. The quantitative estimate of drug-likeness (QED) is 0.563. The number of carbonyl (C=O) groups is 2. The molecule has 1 saturated heterocycles. The van der Waals surface area contributed by atoms with Crippen molar-refractivity contribution in [3.8, 4) is 0 Å². The van der Waals surface area contributed by atoms with Gasteiger partial charge in [-0.05, 0) is 45.8 Å². The maximum absolute atomic E-state index is 13.4. The van der Waals surface area contributed by atoms with Gasteiger partial charge in [-0.1, -0.05) is 24.3 Å². The molecule has 2 heterocycles. The molecular weight excluding hydrogens is 475 g/mol. The summed E-state index contributed by atoms with van der Waals surface area (Å²) < 4.78 is 13.9. The minimum atomic E-state index is -0.480. The molecule has 1 aliphatic heterocycles. The molecule has 8 heteroatoms. The van der Waals surface area contributed by atoms with E-state index < -0.39 is 11.7 Å². The van der Waals surface area contributed by atoms with Gasteiger partial charge in [0.2, 0.25) is 5.91 Å². The summed E-state index contributed by atoms with van der Waals surface area (Å²) in [5.74, 6) is -0.876. The van der Waals surface area contributed by atoms with Crippen LogP contribution in [0.3, 0.4) is 0 Å². The number of piperazine rings is 1. The predicted octanol–water partition coefficient (Wildman–Crippen LogP) is 3.60. The summed E-state index contributed by atoms with van der Waals surface area (Å²) in [6.45, 7) is 3.90. The Kier molecular flexibility index (Phi) is 7.12. The van der Waals surface area contributed by atoms with Crippen LogP contribution in [-0.2, 0) is 11.3 Å². The molecule has 1 aromatic heterocycles. The third kappa shape index (κ3) is 5.31. The summed E-state index contributed by atoms with van der Waals surface area (Å²) in [5.41, 5.74) is 2.43. The van der Waals surface area contributed by atoms with E-state index in [9.17, 15) is 14.0 Å². The highest BCUT2D eigenvalue weighted by Crippen LogP contribution is 2.19. The van der Waals surface area contributed by atoms with Crippen LogP contribution in [-0.4, -0.2) is 59.3 Å². The molecule has 0 radical (unpaired) electrons. The fourth-order valence-corrected chi connectivity index (χ4v) is 4.33. The summed E-state index contributed by atoms with van der Waals surface area (Å²) in [4.78, 5) is 33.5. The Morgan fingerprint density at radius 3 is 2.66 bits per heavy atom. The number of aromatic nitrogens is 1. The number of fused-ring (bicyclic) bond motifs is 1. The zero-order chi connectivity index (χ0) is 22.5. The molecule has 6 nitrogen and oxygen atoms in total. The minimum Gasteiger partial charge on any atom is -0.351 e. The molecule has 2 aromatic carbocycles. The molecule has 166 valence electrons. The van der Waals surface area contributed by atoms with E-state index in [0.29, 0.717) is 17.6 Å². The van der Waals surface area contributed by atoms with Crippen molar-refractivity contribution in [1.29, 1.82) is 0 Å². The normalized spacial score (nSPS) is 14.5. The highest BCUT2D eigenvalue weighted by molar-refractivity contribution is 9.10. The first-order valence-electron chi connectivity index (χ1n) is 10.6. The number of benzene rings is 2. The summed E-state index contributed by atoms with van der Waals surface area (Å²) in [6.07, 6.45) is 2.03. The Morgan fingerprint density at radius 2 is 1.84 bits per heavy atom. The average Bonchev–Trinajstić information content (AvgIpc) is 2.81.